The predicted molar refractivity (Wildman–Crippen MR) is 95.0 cm³/mol. The number of rotatable bonds is 4. The van der Waals surface area contributed by atoms with Crippen molar-refractivity contribution >= 4 is 28.1 Å². The van der Waals surface area contributed by atoms with E-state index in [0.29, 0.717) is 23.2 Å². The maximum atomic E-state index is 12.7. The molecule has 1 N–H and O–H groups in total. The summed E-state index contributed by atoms with van der Waals surface area (Å²) >= 11 is 0. The van der Waals surface area contributed by atoms with E-state index in [4.69, 9.17) is 9.15 Å². The molecule has 0 saturated carbocycles. The van der Waals surface area contributed by atoms with Crippen LogP contribution in [0.2, 0.25) is 0 Å². The van der Waals surface area contributed by atoms with Crippen molar-refractivity contribution in [2.75, 3.05) is 13.2 Å². The van der Waals surface area contributed by atoms with Gasteiger partial charge < -0.3 is 14.5 Å². The van der Waals surface area contributed by atoms with Crippen molar-refractivity contribution in [2.24, 2.45) is 0 Å². The van der Waals surface area contributed by atoms with Gasteiger partial charge in [0.05, 0.1) is 17.8 Å². The zero-order valence-electron chi connectivity index (χ0n) is 14.7. The van der Waals surface area contributed by atoms with Gasteiger partial charge in [0, 0.05) is 18.8 Å². The molecule has 0 spiro atoms. The Morgan fingerprint density at radius 1 is 1.42 bits per heavy atom. The number of nitrogens with zero attached hydrogens (tertiary/aromatic N) is 3. The van der Waals surface area contributed by atoms with E-state index < -0.39 is 5.56 Å². The van der Waals surface area contributed by atoms with Crippen LogP contribution in [0.1, 0.15) is 24.1 Å². The number of carbonyl (C=O) groups excluding carboxylic acids is 1. The number of amides is 1. The fourth-order valence-corrected chi connectivity index (χ4v) is 3.14. The Morgan fingerprint density at radius 3 is 3.04 bits per heavy atom. The van der Waals surface area contributed by atoms with Crippen molar-refractivity contribution < 1.29 is 13.9 Å². The molecule has 0 bridgehead atoms. The van der Waals surface area contributed by atoms with Crippen LogP contribution in [0.3, 0.4) is 0 Å². The Morgan fingerprint density at radius 2 is 2.27 bits per heavy atom. The SMILES string of the molecule is Cc1cc2c(nc1C)oc1c(=O)n(CC(=O)NC[C@@H]3CCCO3)cnc12. The van der Waals surface area contributed by atoms with Crippen molar-refractivity contribution in [3.8, 4) is 0 Å². The normalized spacial score (nSPS) is 17.2. The molecule has 0 aliphatic carbocycles. The Balaban J connectivity index is 1.60. The van der Waals surface area contributed by atoms with Crippen molar-refractivity contribution in [1.29, 1.82) is 0 Å². The maximum absolute atomic E-state index is 12.7. The van der Waals surface area contributed by atoms with E-state index in [1.165, 1.54) is 10.9 Å². The number of pyridine rings is 1. The Kier molecular flexibility index (Phi) is 4.20. The van der Waals surface area contributed by atoms with E-state index in [1.54, 1.807) is 0 Å². The number of hydrogen-bond acceptors (Lipinski definition) is 6. The zero-order valence-corrected chi connectivity index (χ0v) is 14.7. The van der Waals surface area contributed by atoms with Gasteiger partial charge in [-0.15, -0.1) is 0 Å². The summed E-state index contributed by atoms with van der Waals surface area (Å²) in [6.45, 7) is 4.90. The van der Waals surface area contributed by atoms with Gasteiger partial charge in [-0.2, -0.15) is 0 Å². The lowest BCUT2D eigenvalue weighted by atomic mass is 10.2. The van der Waals surface area contributed by atoms with Crippen LogP contribution in [0.4, 0.5) is 0 Å². The first kappa shape index (κ1) is 16.7. The first-order valence-corrected chi connectivity index (χ1v) is 8.67. The summed E-state index contributed by atoms with van der Waals surface area (Å²) in [4.78, 5) is 33.5. The highest BCUT2D eigenvalue weighted by Crippen LogP contribution is 2.25. The summed E-state index contributed by atoms with van der Waals surface area (Å²) in [6.07, 6.45) is 3.39. The Bertz CT molecular complexity index is 1050. The van der Waals surface area contributed by atoms with Crippen molar-refractivity contribution in [2.45, 2.75) is 39.3 Å². The summed E-state index contributed by atoms with van der Waals surface area (Å²) in [5, 5.41) is 3.50. The lowest BCUT2D eigenvalue weighted by Crippen LogP contribution is -2.36. The van der Waals surface area contributed by atoms with Gasteiger partial charge in [-0.3, -0.25) is 14.2 Å². The maximum Gasteiger partial charge on any atom is 0.297 e. The molecular formula is C18H20N4O4. The molecule has 0 aromatic carbocycles. The van der Waals surface area contributed by atoms with Crippen LogP contribution in [-0.4, -0.2) is 39.7 Å². The molecule has 3 aromatic rings. The van der Waals surface area contributed by atoms with E-state index in [0.717, 1.165) is 30.7 Å². The molecule has 26 heavy (non-hydrogen) atoms. The molecule has 1 saturated heterocycles. The van der Waals surface area contributed by atoms with Crippen molar-refractivity contribution in [3.05, 3.63) is 34.0 Å². The third-order valence-electron chi connectivity index (χ3n) is 4.75. The lowest BCUT2D eigenvalue weighted by molar-refractivity contribution is -0.122. The molecule has 8 nitrogen and oxygen atoms in total. The number of furan rings is 1. The number of ether oxygens (including phenoxy) is 1. The lowest BCUT2D eigenvalue weighted by Gasteiger charge is -2.11. The standard InChI is InChI=1S/C18H20N4O4/c1-10-6-13-15-16(26-17(13)21-11(10)2)18(24)22(9-20-15)8-14(23)19-7-12-4-3-5-25-12/h6,9,12H,3-5,7-8H2,1-2H3,(H,19,23)/t12-/m0/s1. The summed E-state index contributed by atoms with van der Waals surface area (Å²) < 4.78 is 12.3. The number of aryl methyl sites for hydroxylation is 2. The molecule has 136 valence electrons. The molecule has 1 aliphatic heterocycles. The van der Waals surface area contributed by atoms with Crippen LogP contribution in [0, 0.1) is 13.8 Å². The molecule has 0 unspecified atom stereocenters. The fourth-order valence-electron chi connectivity index (χ4n) is 3.14. The van der Waals surface area contributed by atoms with Crippen LogP contribution in [-0.2, 0) is 16.1 Å². The summed E-state index contributed by atoms with van der Waals surface area (Å²) in [7, 11) is 0. The van der Waals surface area contributed by atoms with Crippen LogP contribution >= 0.6 is 0 Å². The first-order chi connectivity index (χ1) is 12.5. The molecular weight excluding hydrogens is 336 g/mol. The predicted octanol–water partition coefficient (Wildman–Crippen LogP) is 1.45. The smallest absolute Gasteiger partial charge is 0.297 e. The van der Waals surface area contributed by atoms with E-state index in [-0.39, 0.29) is 24.1 Å². The molecule has 1 aliphatic rings. The minimum Gasteiger partial charge on any atom is -0.430 e. The molecule has 3 aromatic heterocycles. The highest BCUT2D eigenvalue weighted by molar-refractivity contribution is 6.00. The molecule has 1 amide bonds. The quantitative estimate of drug-likeness (QED) is 0.760. The number of aromatic nitrogens is 3. The second-order valence-corrected chi connectivity index (χ2v) is 6.64. The number of nitrogens with one attached hydrogen (secondary N) is 1. The van der Waals surface area contributed by atoms with Gasteiger partial charge >= 0.3 is 0 Å². The topological polar surface area (TPSA) is 99.2 Å². The van der Waals surface area contributed by atoms with E-state index in [1.807, 2.05) is 19.9 Å². The molecule has 1 fully saturated rings. The minimum absolute atomic E-state index is 0.0594. The number of fused-ring (bicyclic) bond motifs is 3. The van der Waals surface area contributed by atoms with E-state index in [9.17, 15) is 9.59 Å². The van der Waals surface area contributed by atoms with Gasteiger partial charge in [-0.25, -0.2) is 9.97 Å². The average molecular weight is 356 g/mol. The van der Waals surface area contributed by atoms with Gasteiger partial charge in [0.15, 0.2) is 0 Å². The third kappa shape index (κ3) is 2.96. The van der Waals surface area contributed by atoms with Crippen molar-refractivity contribution in [3.63, 3.8) is 0 Å². The molecule has 4 heterocycles. The van der Waals surface area contributed by atoms with Gasteiger partial charge in [0.2, 0.25) is 17.2 Å². The van der Waals surface area contributed by atoms with Gasteiger partial charge in [0.1, 0.15) is 12.1 Å². The first-order valence-electron chi connectivity index (χ1n) is 8.67. The molecule has 4 rings (SSSR count). The minimum atomic E-state index is -0.393. The molecule has 0 radical (unpaired) electrons. The third-order valence-corrected chi connectivity index (χ3v) is 4.75. The fraction of sp³-hybridized carbons (Fsp3) is 0.444. The highest BCUT2D eigenvalue weighted by Gasteiger charge is 2.18. The number of hydrogen-bond donors (Lipinski definition) is 1. The van der Waals surface area contributed by atoms with Crippen LogP contribution in [0.5, 0.6) is 0 Å². The Labute approximate surface area is 149 Å². The van der Waals surface area contributed by atoms with Crippen molar-refractivity contribution in [1.82, 2.24) is 19.9 Å². The molecule has 1 atom stereocenters. The van der Waals surface area contributed by atoms with Gasteiger partial charge in [-0.05, 0) is 38.3 Å². The van der Waals surface area contributed by atoms with Crippen LogP contribution in [0.25, 0.3) is 22.2 Å². The van der Waals surface area contributed by atoms with E-state index >= 15 is 0 Å². The summed E-state index contributed by atoms with van der Waals surface area (Å²) in [5.41, 5.74) is 2.41. The number of carbonyl (C=O) groups is 1. The summed E-state index contributed by atoms with van der Waals surface area (Å²) in [6, 6.07) is 1.91. The monoisotopic (exact) mass is 356 g/mol. The Hall–Kier alpha value is -2.74. The zero-order chi connectivity index (χ0) is 18.3. The highest BCUT2D eigenvalue weighted by atomic mass is 16.5. The second-order valence-electron chi connectivity index (χ2n) is 6.64. The van der Waals surface area contributed by atoms with Gasteiger partial charge in [-0.1, -0.05) is 0 Å². The average Bonchev–Trinajstić information content (AvgIpc) is 3.24. The van der Waals surface area contributed by atoms with Crippen LogP contribution < -0.4 is 10.9 Å². The summed E-state index contributed by atoms with van der Waals surface area (Å²) in [5.74, 6) is -0.260. The van der Waals surface area contributed by atoms with Gasteiger partial charge in [0.25, 0.3) is 5.56 Å². The second kappa shape index (κ2) is 6.53. The molecule has 8 heteroatoms. The van der Waals surface area contributed by atoms with E-state index in [2.05, 4.69) is 15.3 Å². The van der Waals surface area contributed by atoms with Crippen LogP contribution in [0.15, 0.2) is 21.6 Å². The largest absolute Gasteiger partial charge is 0.430 e.